The van der Waals surface area contributed by atoms with Crippen LogP contribution < -0.4 is 4.80 Å². The number of hydrogen-bond acceptors (Lipinski definition) is 3. The summed E-state index contributed by atoms with van der Waals surface area (Å²) in [5.41, 5.74) is 5.24. The fraction of sp³-hybridized carbons (Fsp3) is 0.158. The zero-order valence-electron chi connectivity index (χ0n) is 14.1. The number of aromatic nitrogens is 1. The van der Waals surface area contributed by atoms with Crippen LogP contribution in [0.4, 0.5) is 0 Å². The summed E-state index contributed by atoms with van der Waals surface area (Å²) >= 11 is 13.9. The Labute approximate surface area is 160 Å². The van der Waals surface area contributed by atoms with Crippen molar-refractivity contribution in [3.05, 3.63) is 73.3 Å². The summed E-state index contributed by atoms with van der Waals surface area (Å²) < 4.78 is 1.80. The van der Waals surface area contributed by atoms with Crippen molar-refractivity contribution in [3.63, 3.8) is 0 Å². The zero-order chi connectivity index (χ0) is 18.0. The van der Waals surface area contributed by atoms with Crippen LogP contribution in [0.3, 0.4) is 0 Å². The lowest BCUT2D eigenvalue weighted by Crippen LogP contribution is -2.11. The molecule has 0 amide bonds. The van der Waals surface area contributed by atoms with E-state index in [4.69, 9.17) is 23.2 Å². The van der Waals surface area contributed by atoms with Gasteiger partial charge in [0.05, 0.1) is 16.9 Å². The number of halogens is 2. The molecule has 1 aromatic heterocycles. The fourth-order valence-corrected chi connectivity index (χ4v) is 3.84. The molecule has 0 radical (unpaired) electrons. The van der Waals surface area contributed by atoms with Gasteiger partial charge in [-0.25, -0.2) is 4.68 Å². The third kappa shape index (κ3) is 3.87. The number of rotatable bonds is 3. The van der Waals surface area contributed by atoms with Crippen LogP contribution in [0.1, 0.15) is 16.7 Å². The Hall–Kier alpha value is -1.88. The van der Waals surface area contributed by atoms with E-state index >= 15 is 0 Å². The SMILES string of the molecule is CN=c1scc(-c2ccc(Cl)cc2Cl)n1/N=C/c1ccc(C)cc1C. The molecule has 0 aliphatic carbocycles. The van der Waals surface area contributed by atoms with E-state index in [1.807, 2.05) is 23.7 Å². The lowest BCUT2D eigenvalue weighted by atomic mass is 10.1. The lowest BCUT2D eigenvalue weighted by Gasteiger charge is -2.07. The topological polar surface area (TPSA) is 29.6 Å². The van der Waals surface area contributed by atoms with Gasteiger partial charge >= 0.3 is 0 Å². The van der Waals surface area contributed by atoms with Crippen LogP contribution in [-0.2, 0) is 0 Å². The second kappa shape index (κ2) is 7.56. The predicted octanol–water partition coefficient (Wildman–Crippen LogP) is 5.55. The summed E-state index contributed by atoms with van der Waals surface area (Å²) in [4.78, 5) is 5.10. The molecule has 2 aromatic carbocycles. The van der Waals surface area contributed by atoms with E-state index in [0.717, 1.165) is 21.6 Å². The van der Waals surface area contributed by atoms with Crippen LogP contribution in [0.25, 0.3) is 11.3 Å². The van der Waals surface area contributed by atoms with Crippen LogP contribution in [0.2, 0.25) is 10.0 Å². The molecule has 0 atom stereocenters. The van der Waals surface area contributed by atoms with Crippen LogP contribution in [0, 0.1) is 13.8 Å². The summed E-state index contributed by atoms with van der Waals surface area (Å²) in [7, 11) is 1.75. The van der Waals surface area contributed by atoms with Crippen LogP contribution in [0.5, 0.6) is 0 Å². The Kier molecular flexibility index (Phi) is 5.42. The minimum atomic E-state index is 0.586. The average Bonchev–Trinajstić information content (AvgIpc) is 2.97. The normalized spacial score (nSPS) is 12.3. The van der Waals surface area contributed by atoms with Gasteiger partial charge in [-0.15, -0.1) is 11.3 Å². The third-order valence-electron chi connectivity index (χ3n) is 3.82. The minimum absolute atomic E-state index is 0.586. The Balaban J connectivity index is 2.10. The Bertz CT molecular complexity index is 1020. The molecule has 0 bridgehead atoms. The predicted molar refractivity (Wildman–Crippen MR) is 108 cm³/mol. The van der Waals surface area contributed by atoms with Gasteiger partial charge < -0.3 is 0 Å². The Morgan fingerprint density at radius 2 is 1.88 bits per heavy atom. The molecule has 3 rings (SSSR count). The number of nitrogens with zero attached hydrogens (tertiary/aromatic N) is 3. The lowest BCUT2D eigenvalue weighted by molar-refractivity contribution is 0.848. The first-order valence-corrected chi connectivity index (χ1v) is 9.33. The quantitative estimate of drug-likeness (QED) is 0.525. The van der Waals surface area contributed by atoms with Crippen molar-refractivity contribution in [2.75, 3.05) is 7.05 Å². The highest BCUT2D eigenvalue weighted by Gasteiger charge is 2.11. The molecule has 128 valence electrons. The fourth-order valence-electron chi connectivity index (χ4n) is 2.54. The van der Waals surface area contributed by atoms with E-state index in [1.165, 1.54) is 22.5 Å². The van der Waals surface area contributed by atoms with E-state index < -0.39 is 0 Å². The maximum absolute atomic E-state index is 6.37. The number of aryl methyl sites for hydroxylation is 2. The van der Waals surface area contributed by atoms with E-state index in [1.54, 1.807) is 17.8 Å². The summed E-state index contributed by atoms with van der Waals surface area (Å²) in [6.07, 6.45) is 1.85. The number of thiazole rings is 1. The molecule has 3 nitrogen and oxygen atoms in total. The van der Waals surface area contributed by atoms with Crippen molar-refractivity contribution < 1.29 is 0 Å². The maximum atomic E-state index is 6.37. The van der Waals surface area contributed by atoms with Gasteiger partial charge in [0.1, 0.15) is 0 Å². The van der Waals surface area contributed by atoms with Crippen molar-refractivity contribution in [1.29, 1.82) is 0 Å². The summed E-state index contributed by atoms with van der Waals surface area (Å²) in [6.45, 7) is 4.16. The molecule has 25 heavy (non-hydrogen) atoms. The smallest absolute Gasteiger partial charge is 0.205 e. The standard InChI is InChI=1S/C19H17Cl2N3S/c1-12-4-5-14(13(2)8-12)10-23-24-18(11-25-19(24)22-3)16-7-6-15(20)9-17(16)21/h4-11H,1-3H3/b22-19?,23-10+. The van der Waals surface area contributed by atoms with E-state index in [9.17, 15) is 0 Å². The first kappa shape index (κ1) is 17.9. The van der Waals surface area contributed by atoms with E-state index in [-0.39, 0.29) is 0 Å². The molecule has 3 aromatic rings. The molecular weight excluding hydrogens is 373 g/mol. The van der Waals surface area contributed by atoms with Gasteiger partial charge in [0.25, 0.3) is 0 Å². The molecule has 0 fully saturated rings. The first-order valence-electron chi connectivity index (χ1n) is 7.70. The third-order valence-corrected chi connectivity index (χ3v) is 5.28. The molecule has 0 N–H and O–H groups in total. The molecule has 0 aliphatic rings. The van der Waals surface area contributed by atoms with Gasteiger partial charge in [-0.3, -0.25) is 4.99 Å². The van der Waals surface area contributed by atoms with Crippen LogP contribution in [-0.4, -0.2) is 17.9 Å². The van der Waals surface area contributed by atoms with E-state index in [2.05, 4.69) is 42.1 Å². The van der Waals surface area contributed by atoms with Crippen molar-refractivity contribution in [3.8, 4) is 11.3 Å². The molecule has 1 heterocycles. The maximum Gasteiger partial charge on any atom is 0.205 e. The Morgan fingerprint density at radius 1 is 1.08 bits per heavy atom. The van der Waals surface area contributed by atoms with Gasteiger partial charge in [0.2, 0.25) is 4.80 Å². The Morgan fingerprint density at radius 3 is 2.56 bits per heavy atom. The highest BCUT2D eigenvalue weighted by atomic mass is 35.5. The molecule has 6 heteroatoms. The van der Waals surface area contributed by atoms with Gasteiger partial charge in [-0.2, -0.15) is 5.10 Å². The highest BCUT2D eigenvalue weighted by molar-refractivity contribution is 7.07. The van der Waals surface area contributed by atoms with Gasteiger partial charge in [0, 0.05) is 23.0 Å². The van der Waals surface area contributed by atoms with Crippen molar-refractivity contribution in [2.24, 2.45) is 10.1 Å². The number of hydrogen-bond donors (Lipinski definition) is 0. The van der Waals surface area contributed by atoms with Crippen molar-refractivity contribution in [1.82, 2.24) is 4.68 Å². The van der Waals surface area contributed by atoms with Gasteiger partial charge in [0.15, 0.2) is 0 Å². The summed E-state index contributed by atoms with van der Waals surface area (Å²) in [6, 6.07) is 11.7. The summed E-state index contributed by atoms with van der Waals surface area (Å²) in [5.74, 6) is 0. The number of benzene rings is 2. The molecular formula is C19H17Cl2N3S. The molecule has 0 saturated carbocycles. The van der Waals surface area contributed by atoms with Gasteiger partial charge in [-0.1, -0.05) is 47.0 Å². The molecule has 0 saturated heterocycles. The van der Waals surface area contributed by atoms with Crippen LogP contribution in [0.15, 0.2) is 51.9 Å². The van der Waals surface area contributed by atoms with Gasteiger partial charge in [-0.05, 0) is 43.2 Å². The first-order chi connectivity index (χ1) is 12.0. The summed E-state index contributed by atoms with van der Waals surface area (Å²) in [5, 5.41) is 7.84. The monoisotopic (exact) mass is 389 g/mol. The second-order valence-corrected chi connectivity index (χ2v) is 7.35. The molecule has 0 unspecified atom stereocenters. The second-order valence-electron chi connectivity index (χ2n) is 5.67. The molecule has 0 spiro atoms. The highest BCUT2D eigenvalue weighted by Crippen LogP contribution is 2.30. The van der Waals surface area contributed by atoms with E-state index in [0.29, 0.717) is 10.0 Å². The van der Waals surface area contributed by atoms with Crippen molar-refractivity contribution in [2.45, 2.75) is 13.8 Å². The zero-order valence-corrected chi connectivity index (χ0v) is 16.5. The average molecular weight is 390 g/mol. The minimum Gasteiger partial charge on any atom is -0.261 e. The largest absolute Gasteiger partial charge is 0.261 e. The van der Waals surface area contributed by atoms with Crippen LogP contribution >= 0.6 is 34.5 Å². The molecule has 0 aliphatic heterocycles. The van der Waals surface area contributed by atoms with Crippen molar-refractivity contribution >= 4 is 40.8 Å².